The minimum atomic E-state index is -0.0561. The maximum absolute atomic E-state index is 10.6. The van der Waals surface area contributed by atoms with Crippen LogP contribution in [0.2, 0.25) is 0 Å². The second-order valence-corrected chi connectivity index (χ2v) is 2.25. The molecule has 9 heavy (non-hydrogen) atoms. The summed E-state index contributed by atoms with van der Waals surface area (Å²) in [6, 6.07) is 0. The highest BCUT2D eigenvalue weighted by Gasteiger charge is 2.08. The van der Waals surface area contributed by atoms with E-state index in [2.05, 4.69) is 0 Å². The number of carbonyl (C=O) groups is 1. The van der Waals surface area contributed by atoms with Gasteiger partial charge in [-0.15, -0.1) is 0 Å². The van der Waals surface area contributed by atoms with Crippen LogP contribution in [0.1, 0.15) is 6.42 Å². The van der Waals surface area contributed by atoms with Crippen LogP contribution in [0.25, 0.3) is 0 Å². The van der Waals surface area contributed by atoms with Crippen molar-refractivity contribution in [3.8, 4) is 0 Å². The molecule has 0 saturated carbocycles. The Bertz CT molecular complexity index is 205. The van der Waals surface area contributed by atoms with Crippen LogP contribution in [0.3, 0.4) is 0 Å². The van der Waals surface area contributed by atoms with Crippen molar-refractivity contribution in [2.75, 3.05) is 0 Å². The number of Topliss-reactive ketones (excluding diaryl/α,β-unsaturated/α-hetero) is 1. The Hall–Kier alpha value is -0.760. The monoisotopic (exact) mass is 143 g/mol. The Morgan fingerprint density at radius 1 is 1.67 bits per heavy atom. The summed E-state index contributed by atoms with van der Waals surface area (Å²) in [6.45, 7) is 0. The van der Waals surface area contributed by atoms with E-state index in [0.717, 1.165) is 0 Å². The van der Waals surface area contributed by atoms with Gasteiger partial charge in [0.05, 0.1) is 5.70 Å². The van der Waals surface area contributed by atoms with Crippen LogP contribution >= 0.6 is 11.6 Å². The minimum absolute atomic E-state index is 0.0561. The van der Waals surface area contributed by atoms with Gasteiger partial charge in [-0.05, 0) is 6.08 Å². The van der Waals surface area contributed by atoms with Gasteiger partial charge in [0.1, 0.15) is 0 Å². The number of hydrogen-bond acceptors (Lipinski definition) is 2. The molecule has 0 fully saturated rings. The van der Waals surface area contributed by atoms with Crippen molar-refractivity contribution in [3.63, 3.8) is 0 Å². The molecular weight excluding hydrogens is 138 g/mol. The van der Waals surface area contributed by atoms with E-state index >= 15 is 0 Å². The van der Waals surface area contributed by atoms with Gasteiger partial charge in [0.15, 0.2) is 5.78 Å². The van der Waals surface area contributed by atoms with Gasteiger partial charge >= 0.3 is 0 Å². The number of carbonyl (C=O) groups excluding carboxylic acids is 1. The van der Waals surface area contributed by atoms with Gasteiger partial charge in [0, 0.05) is 11.5 Å². The van der Waals surface area contributed by atoms with Gasteiger partial charge in [-0.1, -0.05) is 17.7 Å². The number of hydrogen-bond donors (Lipinski definition) is 1. The lowest BCUT2D eigenvalue weighted by atomic mass is 10.1. The van der Waals surface area contributed by atoms with Gasteiger partial charge in [0.25, 0.3) is 0 Å². The molecule has 2 nitrogen and oxygen atoms in total. The summed E-state index contributed by atoms with van der Waals surface area (Å²) in [4.78, 5) is 10.6. The van der Waals surface area contributed by atoms with Crippen molar-refractivity contribution in [1.29, 1.82) is 0 Å². The van der Waals surface area contributed by atoms with Crippen molar-refractivity contribution in [2.24, 2.45) is 5.73 Å². The zero-order valence-electron chi connectivity index (χ0n) is 4.73. The SMILES string of the molecule is NC1=CC(Cl)=CCC1=O. The van der Waals surface area contributed by atoms with E-state index in [1.165, 1.54) is 6.08 Å². The van der Waals surface area contributed by atoms with Crippen molar-refractivity contribution in [3.05, 3.63) is 22.9 Å². The van der Waals surface area contributed by atoms with E-state index in [4.69, 9.17) is 17.3 Å². The maximum Gasteiger partial charge on any atom is 0.182 e. The van der Waals surface area contributed by atoms with E-state index in [-0.39, 0.29) is 11.5 Å². The number of halogens is 1. The number of nitrogens with two attached hydrogens (primary N) is 1. The smallest absolute Gasteiger partial charge is 0.182 e. The Labute approximate surface area is 58.0 Å². The quantitative estimate of drug-likeness (QED) is 0.548. The number of allylic oxidation sites excluding steroid dienone is 4. The molecule has 1 aliphatic rings. The summed E-state index contributed by atoms with van der Waals surface area (Å²) in [7, 11) is 0. The second kappa shape index (κ2) is 2.23. The molecule has 48 valence electrons. The van der Waals surface area contributed by atoms with E-state index in [1.54, 1.807) is 6.08 Å². The highest BCUT2D eigenvalue weighted by molar-refractivity contribution is 6.32. The third kappa shape index (κ3) is 1.33. The van der Waals surface area contributed by atoms with Crippen LogP contribution in [0, 0.1) is 0 Å². The number of rotatable bonds is 0. The van der Waals surface area contributed by atoms with E-state index in [1.807, 2.05) is 0 Å². The van der Waals surface area contributed by atoms with Crippen LogP contribution in [-0.2, 0) is 4.79 Å². The summed E-state index contributed by atoms with van der Waals surface area (Å²) in [5.41, 5.74) is 5.51. The van der Waals surface area contributed by atoms with E-state index in [9.17, 15) is 4.79 Å². The molecule has 0 unspecified atom stereocenters. The Balaban J connectivity index is 2.87. The van der Waals surface area contributed by atoms with Crippen molar-refractivity contribution in [1.82, 2.24) is 0 Å². The first-order chi connectivity index (χ1) is 4.20. The lowest BCUT2D eigenvalue weighted by Gasteiger charge is -2.02. The average Bonchev–Trinajstić information content (AvgIpc) is 1.80. The molecule has 0 atom stereocenters. The zero-order valence-corrected chi connectivity index (χ0v) is 5.48. The standard InChI is InChI=1S/C6H6ClNO/c7-4-1-2-6(9)5(8)3-4/h1,3H,2,8H2. The molecule has 1 aliphatic carbocycles. The first-order valence-electron chi connectivity index (χ1n) is 2.56. The largest absolute Gasteiger partial charge is 0.396 e. The predicted octanol–water partition coefficient (Wildman–Crippen LogP) is 0.925. The molecule has 0 aromatic rings. The first-order valence-corrected chi connectivity index (χ1v) is 2.94. The minimum Gasteiger partial charge on any atom is -0.396 e. The summed E-state index contributed by atoms with van der Waals surface area (Å²) < 4.78 is 0. The van der Waals surface area contributed by atoms with Crippen LogP contribution < -0.4 is 5.73 Å². The molecule has 1 rings (SSSR count). The topological polar surface area (TPSA) is 43.1 Å². The Morgan fingerprint density at radius 2 is 2.33 bits per heavy atom. The lowest BCUT2D eigenvalue weighted by Crippen LogP contribution is -2.12. The van der Waals surface area contributed by atoms with Crippen LogP contribution in [-0.4, -0.2) is 5.78 Å². The molecule has 0 aliphatic heterocycles. The normalized spacial score (nSPS) is 19.0. The third-order valence-corrected chi connectivity index (χ3v) is 1.36. The Kier molecular flexibility index (Phi) is 1.58. The highest BCUT2D eigenvalue weighted by Crippen LogP contribution is 2.13. The summed E-state index contributed by atoms with van der Waals surface area (Å²) in [6.07, 6.45) is 3.44. The van der Waals surface area contributed by atoms with Crippen LogP contribution in [0.4, 0.5) is 0 Å². The van der Waals surface area contributed by atoms with Gasteiger partial charge in [-0.25, -0.2) is 0 Å². The van der Waals surface area contributed by atoms with E-state index in [0.29, 0.717) is 11.5 Å². The number of ketones is 1. The summed E-state index contributed by atoms with van der Waals surface area (Å²) in [5.74, 6) is -0.0561. The molecule has 0 spiro atoms. The molecule has 2 N–H and O–H groups in total. The maximum atomic E-state index is 10.6. The van der Waals surface area contributed by atoms with Gasteiger partial charge in [-0.3, -0.25) is 4.79 Å². The molecule has 0 saturated heterocycles. The molecule has 0 heterocycles. The summed E-state index contributed by atoms with van der Waals surface area (Å²) in [5, 5.41) is 0.548. The van der Waals surface area contributed by atoms with Crippen LogP contribution in [0.15, 0.2) is 22.9 Å². The lowest BCUT2D eigenvalue weighted by molar-refractivity contribution is -0.114. The van der Waals surface area contributed by atoms with Gasteiger partial charge in [-0.2, -0.15) is 0 Å². The molecule has 0 bridgehead atoms. The fourth-order valence-corrected chi connectivity index (χ4v) is 0.791. The van der Waals surface area contributed by atoms with Crippen molar-refractivity contribution >= 4 is 17.4 Å². The molecule has 0 aromatic heterocycles. The third-order valence-electron chi connectivity index (χ3n) is 1.10. The van der Waals surface area contributed by atoms with Gasteiger partial charge in [0.2, 0.25) is 0 Å². The molecule has 3 heteroatoms. The molecular formula is C6H6ClNO. The fourth-order valence-electron chi connectivity index (χ4n) is 0.596. The molecule has 0 aromatic carbocycles. The fraction of sp³-hybridized carbons (Fsp3) is 0.167. The van der Waals surface area contributed by atoms with Crippen LogP contribution in [0.5, 0.6) is 0 Å². The second-order valence-electron chi connectivity index (χ2n) is 1.82. The molecule has 0 radical (unpaired) electrons. The highest BCUT2D eigenvalue weighted by atomic mass is 35.5. The average molecular weight is 144 g/mol. The predicted molar refractivity (Wildman–Crippen MR) is 35.8 cm³/mol. The van der Waals surface area contributed by atoms with Crippen molar-refractivity contribution < 1.29 is 4.79 Å². The summed E-state index contributed by atoms with van der Waals surface area (Å²) >= 11 is 5.53. The molecule has 0 amide bonds. The van der Waals surface area contributed by atoms with E-state index < -0.39 is 0 Å². The Morgan fingerprint density at radius 3 is 2.78 bits per heavy atom. The van der Waals surface area contributed by atoms with Crippen molar-refractivity contribution in [2.45, 2.75) is 6.42 Å². The first kappa shape index (κ1) is 6.36. The zero-order chi connectivity index (χ0) is 6.85. The van der Waals surface area contributed by atoms with Gasteiger partial charge < -0.3 is 5.73 Å².